The minimum atomic E-state index is -1.71. The lowest BCUT2D eigenvalue weighted by Crippen LogP contribution is -2.27. The zero-order chi connectivity index (χ0) is 14.4. The number of nitrogens with one attached hydrogen (secondary N) is 1. The molecule has 0 radical (unpaired) electrons. The van der Waals surface area contributed by atoms with Crippen LogP contribution in [0.3, 0.4) is 0 Å². The van der Waals surface area contributed by atoms with Gasteiger partial charge in [0.05, 0.1) is 18.6 Å². The van der Waals surface area contributed by atoms with Crippen molar-refractivity contribution in [2.45, 2.75) is 13.3 Å². The zero-order valence-electron chi connectivity index (χ0n) is 10.1. The second kappa shape index (κ2) is 6.77. The number of ether oxygens (including phenoxy) is 1. The highest BCUT2D eigenvalue weighted by Crippen LogP contribution is 2.14. The van der Waals surface area contributed by atoms with Crippen LogP contribution in [-0.4, -0.2) is 25.0 Å². The lowest BCUT2D eigenvalue weighted by Gasteiger charge is -2.06. The van der Waals surface area contributed by atoms with Crippen LogP contribution in [0.1, 0.15) is 23.7 Å². The van der Waals surface area contributed by atoms with Crippen LogP contribution in [0.15, 0.2) is 12.1 Å². The quantitative estimate of drug-likeness (QED) is 0.658. The monoisotopic (exact) mass is 275 g/mol. The van der Waals surface area contributed by atoms with Crippen LogP contribution < -0.4 is 5.32 Å². The Hall–Kier alpha value is -2.05. The molecule has 1 aromatic carbocycles. The summed E-state index contributed by atoms with van der Waals surface area (Å²) in [4.78, 5) is 22.4. The molecule has 0 saturated carbocycles. The summed E-state index contributed by atoms with van der Waals surface area (Å²) in [5, 5.41) is 2.21. The van der Waals surface area contributed by atoms with Crippen molar-refractivity contribution >= 4 is 11.9 Å². The molecule has 104 valence electrons. The Balaban J connectivity index is 2.60. The molecule has 0 aliphatic rings. The van der Waals surface area contributed by atoms with Crippen molar-refractivity contribution in [1.82, 2.24) is 5.32 Å². The van der Waals surface area contributed by atoms with Crippen molar-refractivity contribution in [2.75, 3.05) is 13.2 Å². The zero-order valence-corrected chi connectivity index (χ0v) is 10.1. The van der Waals surface area contributed by atoms with Gasteiger partial charge in [0.15, 0.2) is 17.5 Å². The van der Waals surface area contributed by atoms with Gasteiger partial charge in [-0.3, -0.25) is 9.59 Å². The van der Waals surface area contributed by atoms with Crippen molar-refractivity contribution < 1.29 is 27.5 Å². The van der Waals surface area contributed by atoms with Crippen molar-refractivity contribution in [3.63, 3.8) is 0 Å². The molecule has 0 aliphatic heterocycles. The normalized spacial score (nSPS) is 10.1. The number of rotatable bonds is 5. The van der Waals surface area contributed by atoms with E-state index in [1.165, 1.54) is 0 Å². The molecule has 0 bridgehead atoms. The molecule has 7 heteroatoms. The number of esters is 1. The smallest absolute Gasteiger partial charge is 0.307 e. The summed E-state index contributed by atoms with van der Waals surface area (Å²) in [7, 11) is 0. The second-order valence-electron chi connectivity index (χ2n) is 3.53. The fraction of sp³-hybridized carbons (Fsp3) is 0.333. The molecule has 0 heterocycles. The first kappa shape index (κ1) is 15.0. The van der Waals surface area contributed by atoms with Gasteiger partial charge in [0.1, 0.15) is 0 Å². The van der Waals surface area contributed by atoms with Gasteiger partial charge in [0.25, 0.3) is 5.91 Å². The number of carbonyl (C=O) groups is 2. The predicted molar refractivity (Wildman–Crippen MR) is 59.9 cm³/mol. The molecule has 0 fully saturated rings. The van der Waals surface area contributed by atoms with E-state index < -0.39 is 34.9 Å². The summed E-state index contributed by atoms with van der Waals surface area (Å²) < 4.78 is 43.4. The highest BCUT2D eigenvalue weighted by atomic mass is 19.2. The minimum absolute atomic E-state index is 0.0872. The Morgan fingerprint density at radius 2 is 1.89 bits per heavy atom. The number of carbonyl (C=O) groups excluding carboxylic acids is 2. The van der Waals surface area contributed by atoms with E-state index in [2.05, 4.69) is 10.1 Å². The molecular weight excluding hydrogens is 263 g/mol. The first-order valence-corrected chi connectivity index (χ1v) is 5.54. The molecule has 0 aromatic heterocycles. The molecule has 4 nitrogen and oxygen atoms in total. The van der Waals surface area contributed by atoms with Crippen LogP contribution >= 0.6 is 0 Å². The van der Waals surface area contributed by atoms with Crippen LogP contribution in [0.2, 0.25) is 0 Å². The fourth-order valence-corrected chi connectivity index (χ4v) is 1.31. The number of halogens is 3. The van der Waals surface area contributed by atoms with Crippen LogP contribution in [0, 0.1) is 17.5 Å². The van der Waals surface area contributed by atoms with Crippen molar-refractivity contribution in [1.29, 1.82) is 0 Å². The van der Waals surface area contributed by atoms with E-state index in [0.29, 0.717) is 6.07 Å². The summed E-state index contributed by atoms with van der Waals surface area (Å²) in [6.45, 7) is 1.76. The molecular formula is C12H12F3NO3. The first-order chi connectivity index (χ1) is 8.97. The average Bonchev–Trinajstić information content (AvgIpc) is 2.36. The van der Waals surface area contributed by atoms with Crippen molar-refractivity contribution in [3.8, 4) is 0 Å². The van der Waals surface area contributed by atoms with E-state index >= 15 is 0 Å². The average molecular weight is 275 g/mol. The number of amides is 1. The van der Waals surface area contributed by atoms with Crippen molar-refractivity contribution in [2.24, 2.45) is 0 Å². The number of hydrogen-bond donors (Lipinski definition) is 1. The predicted octanol–water partition coefficient (Wildman–Crippen LogP) is 1.79. The van der Waals surface area contributed by atoms with Crippen LogP contribution in [0.25, 0.3) is 0 Å². The molecule has 1 rings (SSSR count). The number of benzene rings is 1. The summed E-state index contributed by atoms with van der Waals surface area (Å²) in [5.41, 5.74) is -0.622. The number of hydrogen-bond acceptors (Lipinski definition) is 3. The van der Waals surface area contributed by atoms with E-state index in [-0.39, 0.29) is 19.6 Å². The van der Waals surface area contributed by atoms with E-state index in [9.17, 15) is 22.8 Å². The van der Waals surface area contributed by atoms with Gasteiger partial charge in [-0.1, -0.05) is 0 Å². The first-order valence-electron chi connectivity index (χ1n) is 5.54. The molecule has 0 unspecified atom stereocenters. The fourth-order valence-electron chi connectivity index (χ4n) is 1.31. The van der Waals surface area contributed by atoms with Crippen LogP contribution in [0.5, 0.6) is 0 Å². The van der Waals surface area contributed by atoms with Gasteiger partial charge in [-0.25, -0.2) is 13.2 Å². The van der Waals surface area contributed by atoms with E-state index in [0.717, 1.165) is 6.07 Å². The third-order valence-electron chi connectivity index (χ3n) is 2.20. The maximum absolute atomic E-state index is 13.3. The van der Waals surface area contributed by atoms with Gasteiger partial charge < -0.3 is 10.1 Å². The Kier molecular flexibility index (Phi) is 5.35. The summed E-state index contributed by atoms with van der Waals surface area (Å²) >= 11 is 0. The van der Waals surface area contributed by atoms with Gasteiger partial charge in [-0.05, 0) is 19.1 Å². The lowest BCUT2D eigenvalue weighted by molar-refractivity contribution is -0.142. The largest absolute Gasteiger partial charge is 0.466 e. The van der Waals surface area contributed by atoms with Crippen LogP contribution in [-0.2, 0) is 9.53 Å². The lowest BCUT2D eigenvalue weighted by atomic mass is 10.2. The van der Waals surface area contributed by atoms with Gasteiger partial charge in [-0.2, -0.15) is 0 Å². The van der Waals surface area contributed by atoms with Crippen molar-refractivity contribution in [3.05, 3.63) is 35.1 Å². The second-order valence-corrected chi connectivity index (χ2v) is 3.53. The third-order valence-corrected chi connectivity index (χ3v) is 2.20. The van der Waals surface area contributed by atoms with Gasteiger partial charge in [0, 0.05) is 6.54 Å². The molecule has 0 spiro atoms. The maximum Gasteiger partial charge on any atom is 0.307 e. The van der Waals surface area contributed by atoms with Crippen LogP contribution in [0.4, 0.5) is 13.2 Å². The topological polar surface area (TPSA) is 55.4 Å². The van der Waals surface area contributed by atoms with E-state index in [1.54, 1.807) is 6.92 Å². The molecule has 1 aromatic rings. The summed E-state index contributed by atoms with van der Waals surface area (Å²) in [5.74, 6) is -6.10. The molecule has 0 atom stereocenters. The molecule has 0 saturated heterocycles. The summed E-state index contributed by atoms with van der Waals surface area (Å²) in [6, 6.07) is 1.48. The molecule has 1 amide bonds. The SMILES string of the molecule is CCOC(=O)CCNC(=O)c1ccc(F)c(F)c1F. The Bertz CT molecular complexity index is 491. The maximum atomic E-state index is 13.3. The molecule has 19 heavy (non-hydrogen) atoms. The molecule has 0 aliphatic carbocycles. The highest BCUT2D eigenvalue weighted by molar-refractivity contribution is 5.94. The van der Waals surface area contributed by atoms with E-state index in [4.69, 9.17) is 0 Å². The van der Waals surface area contributed by atoms with Gasteiger partial charge in [-0.15, -0.1) is 0 Å². The van der Waals surface area contributed by atoms with E-state index in [1.807, 2.05) is 0 Å². The minimum Gasteiger partial charge on any atom is -0.466 e. The molecule has 1 N–H and O–H groups in total. The Morgan fingerprint density at radius 3 is 2.53 bits per heavy atom. The van der Waals surface area contributed by atoms with Gasteiger partial charge >= 0.3 is 5.97 Å². The Morgan fingerprint density at radius 1 is 1.21 bits per heavy atom. The van der Waals surface area contributed by atoms with Gasteiger partial charge in [0.2, 0.25) is 0 Å². The Labute approximate surface area is 107 Å². The standard InChI is InChI=1S/C12H12F3NO3/c1-2-19-9(17)5-6-16-12(18)7-3-4-8(13)11(15)10(7)14/h3-4H,2,5-6H2,1H3,(H,16,18). The summed E-state index contributed by atoms with van der Waals surface area (Å²) in [6.07, 6.45) is -0.0924. The third kappa shape index (κ3) is 3.97. The highest BCUT2D eigenvalue weighted by Gasteiger charge is 2.18.